The second-order valence-corrected chi connectivity index (χ2v) is 3.93. The lowest BCUT2D eigenvalue weighted by atomic mass is 9.99. The van der Waals surface area contributed by atoms with Crippen LogP contribution in [0.1, 0.15) is 12.8 Å². The van der Waals surface area contributed by atoms with E-state index >= 15 is 0 Å². The summed E-state index contributed by atoms with van der Waals surface area (Å²) in [4.78, 5) is 0. The van der Waals surface area contributed by atoms with Crippen LogP contribution in [0, 0.1) is 5.92 Å². The normalized spacial score (nSPS) is 30.0. The van der Waals surface area contributed by atoms with Crippen molar-refractivity contribution in [3.63, 3.8) is 0 Å². The smallest absolute Gasteiger partial charge is 0.0698 e. The molecule has 2 nitrogen and oxygen atoms in total. The topological polar surface area (TPSA) is 46.2 Å². The third-order valence-corrected chi connectivity index (χ3v) is 3.22. The van der Waals surface area contributed by atoms with Crippen molar-refractivity contribution in [3.05, 3.63) is 0 Å². The lowest BCUT2D eigenvalue weighted by Crippen LogP contribution is -2.32. The Bertz CT molecular complexity index is 93.6. The van der Waals surface area contributed by atoms with E-state index in [4.69, 9.17) is 5.73 Å². The molecular formula is C7H15NOS. The number of hydrogen-bond donors (Lipinski definition) is 2. The van der Waals surface area contributed by atoms with Crippen LogP contribution in [0.2, 0.25) is 0 Å². The number of aliphatic hydroxyl groups excluding tert-OH is 1. The van der Waals surface area contributed by atoms with E-state index in [1.807, 2.05) is 11.8 Å². The highest BCUT2D eigenvalue weighted by Gasteiger charge is 2.20. The minimum absolute atomic E-state index is 0.257. The third-order valence-electron chi connectivity index (χ3n) is 1.98. The largest absolute Gasteiger partial charge is 0.391 e. The molecule has 0 bridgehead atoms. The Morgan fingerprint density at radius 2 is 2.50 bits per heavy atom. The average molecular weight is 161 g/mol. The van der Waals surface area contributed by atoms with Crippen LogP contribution in [0.25, 0.3) is 0 Å². The monoisotopic (exact) mass is 161 g/mol. The average Bonchev–Trinajstić information content (AvgIpc) is 2.05. The summed E-state index contributed by atoms with van der Waals surface area (Å²) in [5.74, 6) is 2.82. The van der Waals surface area contributed by atoms with Crippen LogP contribution in [-0.2, 0) is 0 Å². The molecule has 0 aromatic heterocycles. The van der Waals surface area contributed by atoms with E-state index in [1.54, 1.807) is 0 Å². The Labute approximate surface area is 66.2 Å². The summed E-state index contributed by atoms with van der Waals surface area (Å²) in [7, 11) is 0. The zero-order chi connectivity index (χ0) is 7.40. The van der Waals surface area contributed by atoms with Crippen molar-refractivity contribution in [3.8, 4) is 0 Å². The Balaban J connectivity index is 2.24. The molecule has 0 spiro atoms. The van der Waals surface area contributed by atoms with E-state index in [2.05, 4.69) is 0 Å². The molecule has 2 unspecified atom stereocenters. The van der Waals surface area contributed by atoms with Crippen LogP contribution in [0.5, 0.6) is 0 Å². The molecule has 0 radical (unpaired) electrons. The predicted octanol–water partition coefficient (Wildman–Crippen LogP) is 0.449. The van der Waals surface area contributed by atoms with E-state index < -0.39 is 0 Å². The fourth-order valence-electron chi connectivity index (χ4n) is 1.26. The number of hydrogen-bond acceptors (Lipinski definition) is 3. The minimum Gasteiger partial charge on any atom is -0.391 e. The van der Waals surface area contributed by atoms with Crippen molar-refractivity contribution in [2.75, 3.05) is 18.1 Å². The molecule has 10 heavy (non-hydrogen) atoms. The highest BCUT2D eigenvalue weighted by Crippen LogP contribution is 2.24. The summed E-state index contributed by atoms with van der Waals surface area (Å²) >= 11 is 1.93. The first-order chi connectivity index (χ1) is 4.84. The second kappa shape index (κ2) is 4.21. The van der Waals surface area contributed by atoms with Crippen LogP contribution < -0.4 is 5.73 Å². The molecule has 1 rings (SSSR count). The molecule has 1 saturated heterocycles. The number of rotatable bonds is 2. The molecule has 1 heterocycles. The first kappa shape index (κ1) is 8.37. The molecule has 1 fully saturated rings. The standard InChI is InChI=1S/C7H15NOS/c8-4-7(9)6-2-1-3-10-5-6/h6-7,9H,1-5,8H2. The van der Waals surface area contributed by atoms with Crippen molar-refractivity contribution in [2.24, 2.45) is 11.7 Å². The molecule has 0 aromatic rings. The molecule has 0 amide bonds. The predicted molar refractivity (Wildman–Crippen MR) is 45.1 cm³/mol. The summed E-state index contributed by atoms with van der Waals surface area (Å²) in [5.41, 5.74) is 5.34. The highest BCUT2D eigenvalue weighted by atomic mass is 32.2. The molecule has 2 atom stereocenters. The van der Waals surface area contributed by atoms with Gasteiger partial charge >= 0.3 is 0 Å². The molecule has 0 saturated carbocycles. The van der Waals surface area contributed by atoms with Gasteiger partial charge in [0, 0.05) is 6.54 Å². The molecule has 3 heteroatoms. The van der Waals surface area contributed by atoms with Crippen molar-refractivity contribution < 1.29 is 5.11 Å². The van der Waals surface area contributed by atoms with E-state index in [9.17, 15) is 5.11 Å². The van der Waals surface area contributed by atoms with Gasteiger partial charge in [-0.1, -0.05) is 0 Å². The number of nitrogens with two attached hydrogens (primary N) is 1. The fourth-order valence-corrected chi connectivity index (χ4v) is 2.49. The van der Waals surface area contributed by atoms with Crippen LogP contribution in [0.4, 0.5) is 0 Å². The van der Waals surface area contributed by atoms with Gasteiger partial charge in [-0.15, -0.1) is 0 Å². The molecule has 3 N–H and O–H groups in total. The van der Waals surface area contributed by atoms with Gasteiger partial charge in [0.2, 0.25) is 0 Å². The van der Waals surface area contributed by atoms with Gasteiger partial charge in [-0.2, -0.15) is 11.8 Å². The van der Waals surface area contributed by atoms with Crippen molar-refractivity contribution in [1.29, 1.82) is 0 Å². The van der Waals surface area contributed by atoms with Gasteiger partial charge in [0.25, 0.3) is 0 Å². The van der Waals surface area contributed by atoms with Crippen LogP contribution in [0.15, 0.2) is 0 Å². The van der Waals surface area contributed by atoms with E-state index in [-0.39, 0.29) is 6.10 Å². The highest BCUT2D eigenvalue weighted by molar-refractivity contribution is 7.99. The number of thioether (sulfide) groups is 1. The van der Waals surface area contributed by atoms with E-state index in [1.165, 1.54) is 12.2 Å². The van der Waals surface area contributed by atoms with Crippen LogP contribution in [0.3, 0.4) is 0 Å². The fraction of sp³-hybridized carbons (Fsp3) is 1.00. The summed E-state index contributed by atoms with van der Waals surface area (Å²) in [6.07, 6.45) is 2.14. The molecular weight excluding hydrogens is 146 g/mol. The van der Waals surface area contributed by atoms with Gasteiger partial charge in [-0.25, -0.2) is 0 Å². The van der Waals surface area contributed by atoms with Gasteiger partial charge in [-0.05, 0) is 30.3 Å². The van der Waals surface area contributed by atoms with Gasteiger partial charge in [0.05, 0.1) is 6.10 Å². The lowest BCUT2D eigenvalue weighted by Gasteiger charge is -2.24. The van der Waals surface area contributed by atoms with Gasteiger partial charge < -0.3 is 10.8 Å². The third kappa shape index (κ3) is 2.15. The summed E-state index contributed by atoms with van der Waals surface area (Å²) in [6.45, 7) is 0.422. The van der Waals surface area contributed by atoms with E-state index in [0.29, 0.717) is 12.5 Å². The minimum atomic E-state index is -0.257. The molecule has 0 aliphatic carbocycles. The lowest BCUT2D eigenvalue weighted by molar-refractivity contribution is 0.120. The molecule has 60 valence electrons. The summed E-state index contributed by atoms with van der Waals surface area (Å²) in [5, 5.41) is 9.34. The first-order valence-corrected chi connectivity index (χ1v) is 4.96. The maximum Gasteiger partial charge on any atom is 0.0698 e. The zero-order valence-electron chi connectivity index (χ0n) is 6.12. The molecule has 1 aliphatic rings. The SMILES string of the molecule is NCC(O)C1CCCSC1. The molecule has 0 aromatic carbocycles. The number of aliphatic hydroxyl groups is 1. The van der Waals surface area contributed by atoms with Crippen LogP contribution >= 0.6 is 11.8 Å². The van der Waals surface area contributed by atoms with Gasteiger partial charge in [-0.3, -0.25) is 0 Å². The quantitative estimate of drug-likeness (QED) is 0.618. The first-order valence-electron chi connectivity index (χ1n) is 3.80. The van der Waals surface area contributed by atoms with Crippen molar-refractivity contribution in [2.45, 2.75) is 18.9 Å². The van der Waals surface area contributed by atoms with Gasteiger partial charge in [0.15, 0.2) is 0 Å². The van der Waals surface area contributed by atoms with Crippen LogP contribution in [-0.4, -0.2) is 29.3 Å². The van der Waals surface area contributed by atoms with Crippen molar-refractivity contribution >= 4 is 11.8 Å². The maximum atomic E-state index is 9.34. The zero-order valence-corrected chi connectivity index (χ0v) is 6.94. The van der Waals surface area contributed by atoms with Gasteiger partial charge in [0.1, 0.15) is 0 Å². The maximum absolute atomic E-state index is 9.34. The van der Waals surface area contributed by atoms with E-state index in [0.717, 1.165) is 12.2 Å². The summed E-state index contributed by atoms with van der Waals surface area (Å²) < 4.78 is 0. The Kier molecular flexibility index (Phi) is 3.52. The Morgan fingerprint density at radius 3 is 3.00 bits per heavy atom. The summed E-state index contributed by atoms with van der Waals surface area (Å²) in [6, 6.07) is 0. The Morgan fingerprint density at radius 1 is 1.70 bits per heavy atom. The Hall–Kier alpha value is 0.270. The van der Waals surface area contributed by atoms with Crippen molar-refractivity contribution in [1.82, 2.24) is 0 Å². The molecule has 1 aliphatic heterocycles. The second-order valence-electron chi connectivity index (χ2n) is 2.78.